The molecule has 2 aromatic carbocycles. The van der Waals surface area contributed by atoms with Gasteiger partial charge >= 0.3 is 0 Å². The fourth-order valence-electron chi connectivity index (χ4n) is 7.36. The molecule has 2 aliphatic carbocycles. The zero-order valence-corrected chi connectivity index (χ0v) is 24.1. The van der Waals surface area contributed by atoms with E-state index in [9.17, 15) is 19.2 Å². The van der Waals surface area contributed by atoms with E-state index in [4.69, 9.17) is 11.6 Å². The standard InChI is InChI=1S/C33H36ClN3O4/c1-2-28(38)26(16-20-10-7-13-29(20)39)36-32(40)31-23-12-6-11-21(23)18-37(31)33(41)27-17-24-25(34)15-14-22(30(24)35-27)19-8-4-3-5-9-19/h3-5,8-9,14-15,17,20-21,23,26,31,35H,2,6-7,10-13,16,18H2,1H3,(H,36,40). The van der Waals surface area contributed by atoms with Gasteiger partial charge in [-0.1, -0.05) is 61.3 Å². The van der Waals surface area contributed by atoms with Gasteiger partial charge in [0.25, 0.3) is 5.91 Å². The normalized spacial score (nSPS) is 24.5. The summed E-state index contributed by atoms with van der Waals surface area (Å²) in [6, 6.07) is 14.1. The molecule has 3 fully saturated rings. The van der Waals surface area contributed by atoms with E-state index in [0.717, 1.165) is 54.1 Å². The minimum atomic E-state index is -0.711. The van der Waals surface area contributed by atoms with Crippen LogP contribution in [0.5, 0.6) is 0 Å². The molecule has 1 aliphatic heterocycles. The van der Waals surface area contributed by atoms with Crippen molar-refractivity contribution >= 4 is 45.9 Å². The van der Waals surface area contributed by atoms with Gasteiger partial charge in [0.1, 0.15) is 17.5 Å². The molecular weight excluding hydrogens is 538 g/mol. The number of hydrogen-bond acceptors (Lipinski definition) is 4. The Kier molecular flexibility index (Phi) is 7.73. The first-order valence-electron chi connectivity index (χ1n) is 14.9. The summed E-state index contributed by atoms with van der Waals surface area (Å²) in [5.41, 5.74) is 3.12. The largest absolute Gasteiger partial charge is 0.350 e. The molecule has 2 saturated carbocycles. The van der Waals surface area contributed by atoms with Crippen molar-refractivity contribution in [3.8, 4) is 11.1 Å². The molecule has 8 heteroatoms. The first-order chi connectivity index (χ1) is 19.9. The SMILES string of the molecule is CCC(=O)C(CC1CCCC1=O)NC(=O)C1C2CCCC2CN1C(=O)c1cc2c(Cl)ccc(-c3ccccc3)c2[nH]1. The molecule has 0 spiro atoms. The number of halogens is 1. The van der Waals surface area contributed by atoms with Gasteiger partial charge in [0.2, 0.25) is 5.91 Å². The number of ketones is 2. The maximum atomic E-state index is 14.1. The van der Waals surface area contributed by atoms with Crippen molar-refractivity contribution in [3.63, 3.8) is 0 Å². The molecule has 2 N–H and O–H groups in total. The van der Waals surface area contributed by atoms with Gasteiger partial charge in [-0.25, -0.2) is 0 Å². The van der Waals surface area contributed by atoms with E-state index in [0.29, 0.717) is 30.1 Å². The Morgan fingerprint density at radius 2 is 1.88 bits per heavy atom. The Labute approximate surface area is 245 Å². The van der Waals surface area contributed by atoms with Crippen LogP contribution in [0.1, 0.15) is 68.8 Å². The smallest absolute Gasteiger partial charge is 0.271 e. The summed E-state index contributed by atoms with van der Waals surface area (Å²) in [6.07, 6.45) is 5.63. The van der Waals surface area contributed by atoms with Crippen LogP contribution in [0.15, 0.2) is 48.5 Å². The van der Waals surface area contributed by atoms with Crippen molar-refractivity contribution in [2.75, 3.05) is 6.54 Å². The lowest BCUT2D eigenvalue weighted by Gasteiger charge is -2.29. The molecule has 7 nitrogen and oxygen atoms in total. The molecule has 214 valence electrons. The van der Waals surface area contributed by atoms with Crippen LogP contribution in [0.2, 0.25) is 5.02 Å². The number of benzene rings is 2. The van der Waals surface area contributed by atoms with Crippen LogP contribution in [0, 0.1) is 17.8 Å². The van der Waals surface area contributed by atoms with Crippen LogP contribution in [-0.2, 0) is 14.4 Å². The van der Waals surface area contributed by atoms with Crippen molar-refractivity contribution in [3.05, 3.63) is 59.2 Å². The van der Waals surface area contributed by atoms with Crippen molar-refractivity contribution in [2.24, 2.45) is 17.8 Å². The molecule has 3 aromatic rings. The summed E-state index contributed by atoms with van der Waals surface area (Å²) in [5, 5.41) is 4.31. The minimum absolute atomic E-state index is 0.0530. The number of nitrogens with zero attached hydrogens (tertiary/aromatic N) is 1. The van der Waals surface area contributed by atoms with E-state index < -0.39 is 12.1 Å². The van der Waals surface area contributed by atoms with Crippen LogP contribution in [0.4, 0.5) is 0 Å². The lowest BCUT2D eigenvalue weighted by molar-refractivity contribution is -0.131. The van der Waals surface area contributed by atoms with E-state index in [-0.39, 0.29) is 47.6 Å². The Bertz CT molecular complexity index is 1500. The molecule has 5 atom stereocenters. The predicted octanol–water partition coefficient (Wildman–Crippen LogP) is 5.95. The molecule has 1 aromatic heterocycles. The van der Waals surface area contributed by atoms with Gasteiger partial charge in [0.05, 0.1) is 16.6 Å². The van der Waals surface area contributed by atoms with Gasteiger partial charge in [0, 0.05) is 36.3 Å². The highest BCUT2D eigenvalue weighted by molar-refractivity contribution is 6.36. The third-order valence-corrected chi connectivity index (χ3v) is 9.81. The van der Waals surface area contributed by atoms with E-state index in [1.54, 1.807) is 17.9 Å². The third-order valence-electron chi connectivity index (χ3n) is 9.48. The third kappa shape index (κ3) is 5.21. The van der Waals surface area contributed by atoms with Crippen molar-refractivity contribution < 1.29 is 19.2 Å². The van der Waals surface area contributed by atoms with Crippen LogP contribution >= 0.6 is 11.6 Å². The second-order valence-corrected chi connectivity index (χ2v) is 12.3. The summed E-state index contributed by atoms with van der Waals surface area (Å²) in [7, 11) is 0. The number of fused-ring (bicyclic) bond motifs is 2. The zero-order valence-electron chi connectivity index (χ0n) is 23.3. The fraction of sp³-hybridized carbons (Fsp3) is 0.455. The molecule has 6 rings (SSSR count). The number of hydrogen-bond donors (Lipinski definition) is 2. The van der Waals surface area contributed by atoms with Gasteiger partial charge in [-0.3, -0.25) is 19.2 Å². The Morgan fingerprint density at radius 1 is 1.07 bits per heavy atom. The number of Topliss-reactive ketones (excluding diaryl/α,β-unsaturated/α-hetero) is 2. The lowest BCUT2D eigenvalue weighted by atomic mass is 9.91. The van der Waals surface area contributed by atoms with Crippen molar-refractivity contribution in [1.29, 1.82) is 0 Å². The van der Waals surface area contributed by atoms with E-state index >= 15 is 0 Å². The number of nitrogens with one attached hydrogen (secondary N) is 2. The minimum Gasteiger partial charge on any atom is -0.350 e. The molecule has 2 amide bonds. The predicted molar refractivity (Wildman–Crippen MR) is 159 cm³/mol. The van der Waals surface area contributed by atoms with Gasteiger partial charge in [-0.2, -0.15) is 0 Å². The highest BCUT2D eigenvalue weighted by Crippen LogP contribution is 2.43. The molecule has 41 heavy (non-hydrogen) atoms. The average molecular weight is 574 g/mol. The van der Waals surface area contributed by atoms with E-state index in [2.05, 4.69) is 10.3 Å². The van der Waals surface area contributed by atoms with Gasteiger partial charge in [-0.15, -0.1) is 0 Å². The summed E-state index contributed by atoms with van der Waals surface area (Å²) in [4.78, 5) is 58.2. The highest BCUT2D eigenvalue weighted by Gasteiger charge is 2.50. The summed E-state index contributed by atoms with van der Waals surface area (Å²) >= 11 is 6.57. The summed E-state index contributed by atoms with van der Waals surface area (Å²) < 4.78 is 0. The Hall–Kier alpha value is -3.45. The maximum absolute atomic E-state index is 14.1. The second-order valence-electron chi connectivity index (χ2n) is 11.9. The van der Waals surface area contributed by atoms with Gasteiger partial charge in [-0.05, 0) is 61.6 Å². The van der Waals surface area contributed by atoms with Crippen LogP contribution < -0.4 is 5.32 Å². The molecule has 2 heterocycles. The van der Waals surface area contributed by atoms with Crippen LogP contribution in [-0.4, -0.2) is 51.9 Å². The number of aromatic nitrogens is 1. The van der Waals surface area contributed by atoms with Crippen molar-refractivity contribution in [1.82, 2.24) is 15.2 Å². The quantitative estimate of drug-likeness (QED) is 0.348. The second kappa shape index (κ2) is 11.4. The molecule has 5 unspecified atom stereocenters. The summed E-state index contributed by atoms with van der Waals surface area (Å²) in [5.74, 6) is -0.313. The number of carbonyl (C=O) groups excluding carboxylic acids is 4. The highest BCUT2D eigenvalue weighted by atomic mass is 35.5. The molecule has 3 aliphatic rings. The zero-order chi connectivity index (χ0) is 28.7. The number of amides is 2. The molecular formula is C33H36ClN3O4. The molecule has 0 bridgehead atoms. The molecule has 0 radical (unpaired) electrons. The topological polar surface area (TPSA) is 99.3 Å². The lowest BCUT2D eigenvalue weighted by Crippen LogP contribution is -2.53. The number of aromatic amines is 1. The average Bonchev–Trinajstić information content (AvgIpc) is 3.77. The first-order valence-corrected chi connectivity index (χ1v) is 15.3. The number of rotatable bonds is 8. The van der Waals surface area contributed by atoms with E-state index in [1.807, 2.05) is 42.5 Å². The maximum Gasteiger partial charge on any atom is 0.271 e. The van der Waals surface area contributed by atoms with Crippen LogP contribution in [0.3, 0.4) is 0 Å². The van der Waals surface area contributed by atoms with Gasteiger partial charge < -0.3 is 15.2 Å². The van der Waals surface area contributed by atoms with E-state index in [1.165, 1.54) is 0 Å². The number of H-pyrrole nitrogens is 1. The molecule has 1 saturated heterocycles. The summed E-state index contributed by atoms with van der Waals surface area (Å²) in [6.45, 7) is 2.28. The first kappa shape index (κ1) is 27.7. The van der Waals surface area contributed by atoms with Crippen LogP contribution in [0.25, 0.3) is 22.0 Å². The van der Waals surface area contributed by atoms with Crippen molar-refractivity contribution in [2.45, 2.75) is 70.4 Å². The van der Waals surface area contributed by atoms with Gasteiger partial charge in [0.15, 0.2) is 5.78 Å². The monoisotopic (exact) mass is 573 g/mol. The Balaban J connectivity index is 1.29. The number of likely N-dealkylation sites (tertiary alicyclic amines) is 1. The fourth-order valence-corrected chi connectivity index (χ4v) is 7.57. The number of carbonyl (C=O) groups is 4. The Morgan fingerprint density at radius 3 is 2.61 bits per heavy atom.